The molecule has 0 aliphatic carbocycles. The lowest BCUT2D eigenvalue weighted by Crippen LogP contribution is -2.03. The third-order valence-corrected chi connectivity index (χ3v) is 5.06. The van der Waals surface area contributed by atoms with Gasteiger partial charge in [0.15, 0.2) is 23.7 Å². The SMILES string of the molecule is C/C(=N/OCc1nc2c3cnn(Cc4ccccc4)c3ncn2n1)c1ccc(C)cc1. The van der Waals surface area contributed by atoms with Crippen molar-refractivity contribution in [3.63, 3.8) is 0 Å². The molecule has 0 aliphatic rings. The van der Waals surface area contributed by atoms with Crippen molar-refractivity contribution in [1.29, 1.82) is 0 Å². The zero-order valence-corrected chi connectivity index (χ0v) is 17.3. The number of aromatic nitrogens is 6. The average Bonchev–Trinajstić information content (AvgIpc) is 3.38. The molecule has 5 aromatic rings. The summed E-state index contributed by atoms with van der Waals surface area (Å²) in [5.74, 6) is 0.533. The second-order valence-corrected chi connectivity index (χ2v) is 7.38. The molecule has 5 rings (SSSR count). The Balaban J connectivity index is 1.35. The summed E-state index contributed by atoms with van der Waals surface area (Å²) in [7, 11) is 0. The topological polar surface area (TPSA) is 82.5 Å². The van der Waals surface area contributed by atoms with Crippen LogP contribution in [0.5, 0.6) is 0 Å². The smallest absolute Gasteiger partial charge is 0.192 e. The standard InChI is InChI=1S/C23H21N7O/c1-16-8-10-19(11-9-16)17(2)28-31-14-21-26-23-20-12-25-29(13-18-6-4-3-5-7-18)22(20)24-15-30(23)27-21/h3-12,15H,13-14H2,1-2H3/b28-17-. The molecule has 0 fully saturated rings. The predicted octanol–water partition coefficient (Wildman–Crippen LogP) is 3.77. The number of rotatable bonds is 6. The monoisotopic (exact) mass is 411 g/mol. The highest BCUT2D eigenvalue weighted by molar-refractivity contribution is 5.98. The Morgan fingerprint density at radius 2 is 1.84 bits per heavy atom. The molecule has 3 heterocycles. The van der Waals surface area contributed by atoms with Gasteiger partial charge in [-0.1, -0.05) is 65.3 Å². The third kappa shape index (κ3) is 3.87. The molecule has 154 valence electrons. The Bertz CT molecular complexity index is 1370. The third-order valence-electron chi connectivity index (χ3n) is 5.06. The molecule has 0 aliphatic heterocycles. The van der Waals surface area contributed by atoms with Crippen LogP contribution in [0.2, 0.25) is 0 Å². The minimum absolute atomic E-state index is 0.171. The van der Waals surface area contributed by atoms with E-state index in [1.165, 1.54) is 5.56 Å². The van der Waals surface area contributed by atoms with Gasteiger partial charge in [-0.05, 0) is 25.0 Å². The van der Waals surface area contributed by atoms with Crippen LogP contribution in [-0.4, -0.2) is 35.1 Å². The van der Waals surface area contributed by atoms with E-state index in [-0.39, 0.29) is 6.61 Å². The fourth-order valence-corrected chi connectivity index (χ4v) is 3.38. The molecule has 0 bridgehead atoms. The van der Waals surface area contributed by atoms with Crippen molar-refractivity contribution >= 4 is 22.4 Å². The van der Waals surface area contributed by atoms with Crippen LogP contribution in [0.3, 0.4) is 0 Å². The molecule has 0 saturated heterocycles. The van der Waals surface area contributed by atoms with Gasteiger partial charge in [-0.15, -0.1) is 5.10 Å². The van der Waals surface area contributed by atoms with Crippen molar-refractivity contribution in [2.45, 2.75) is 27.0 Å². The Labute approximate surface area is 178 Å². The van der Waals surface area contributed by atoms with Gasteiger partial charge < -0.3 is 4.84 Å². The molecule has 2 aromatic carbocycles. The Morgan fingerprint density at radius 3 is 2.65 bits per heavy atom. The maximum atomic E-state index is 5.50. The van der Waals surface area contributed by atoms with E-state index in [4.69, 9.17) is 4.84 Å². The van der Waals surface area contributed by atoms with Crippen LogP contribution in [-0.2, 0) is 18.0 Å². The molecular formula is C23H21N7O. The summed E-state index contributed by atoms with van der Waals surface area (Å²) in [6.07, 6.45) is 3.43. The van der Waals surface area contributed by atoms with Gasteiger partial charge in [0.1, 0.15) is 6.33 Å². The molecule has 0 atom stereocenters. The first kappa shape index (κ1) is 18.9. The zero-order valence-electron chi connectivity index (χ0n) is 17.3. The minimum Gasteiger partial charge on any atom is -0.387 e. The fraction of sp³-hybridized carbons (Fsp3) is 0.174. The van der Waals surface area contributed by atoms with Gasteiger partial charge in [0.2, 0.25) is 0 Å². The van der Waals surface area contributed by atoms with Crippen molar-refractivity contribution < 1.29 is 4.84 Å². The summed E-state index contributed by atoms with van der Waals surface area (Å²) in [6, 6.07) is 18.3. The first-order valence-electron chi connectivity index (χ1n) is 10.0. The van der Waals surface area contributed by atoms with Gasteiger partial charge in [-0.25, -0.2) is 19.2 Å². The van der Waals surface area contributed by atoms with Gasteiger partial charge in [0, 0.05) is 0 Å². The van der Waals surface area contributed by atoms with Gasteiger partial charge in [-0.2, -0.15) is 5.10 Å². The van der Waals surface area contributed by atoms with E-state index < -0.39 is 0 Å². The van der Waals surface area contributed by atoms with E-state index in [0.717, 1.165) is 27.9 Å². The molecule has 3 aromatic heterocycles. The van der Waals surface area contributed by atoms with E-state index in [9.17, 15) is 0 Å². The summed E-state index contributed by atoms with van der Waals surface area (Å²) in [6.45, 7) is 4.78. The predicted molar refractivity (Wildman–Crippen MR) is 118 cm³/mol. The molecule has 31 heavy (non-hydrogen) atoms. The van der Waals surface area contributed by atoms with E-state index in [0.29, 0.717) is 18.0 Å². The molecule has 0 radical (unpaired) electrons. The first-order valence-corrected chi connectivity index (χ1v) is 10.0. The minimum atomic E-state index is 0.171. The van der Waals surface area contributed by atoms with Crippen LogP contribution in [0.25, 0.3) is 16.7 Å². The maximum Gasteiger partial charge on any atom is 0.192 e. The summed E-state index contributed by atoms with van der Waals surface area (Å²) in [5, 5.41) is 14.0. The van der Waals surface area contributed by atoms with Gasteiger partial charge in [0.05, 0.1) is 23.8 Å². The van der Waals surface area contributed by atoms with Gasteiger partial charge >= 0.3 is 0 Å². The van der Waals surface area contributed by atoms with Gasteiger partial charge in [-0.3, -0.25) is 0 Å². The number of benzene rings is 2. The van der Waals surface area contributed by atoms with Crippen molar-refractivity contribution in [2.75, 3.05) is 0 Å². The summed E-state index contributed by atoms with van der Waals surface area (Å²) >= 11 is 0. The lowest BCUT2D eigenvalue weighted by atomic mass is 10.1. The number of oxime groups is 1. The largest absolute Gasteiger partial charge is 0.387 e. The van der Waals surface area contributed by atoms with Crippen molar-refractivity contribution in [3.05, 3.63) is 89.6 Å². The molecule has 8 heteroatoms. The van der Waals surface area contributed by atoms with Crippen molar-refractivity contribution in [2.24, 2.45) is 5.16 Å². The van der Waals surface area contributed by atoms with Crippen molar-refractivity contribution in [1.82, 2.24) is 29.4 Å². The summed E-state index contributed by atoms with van der Waals surface area (Å²) in [4.78, 5) is 14.6. The molecule has 0 unspecified atom stereocenters. The van der Waals surface area contributed by atoms with Crippen LogP contribution in [0, 0.1) is 6.92 Å². The molecule has 0 saturated carbocycles. The fourth-order valence-electron chi connectivity index (χ4n) is 3.38. The Hall–Kier alpha value is -4.07. The quantitative estimate of drug-likeness (QED) is 0.314. The van der Waals surface area contributed by atoms with E-state index in [1.807, 2.05) is 54.1 Å². The van der Waals surface area contributed by atoms with E-state index in [1.54, 1.807) is 17.0 Å². The number of nitrogens with zero attached hydrogens (tertiary/aromatic N) is 7. The summed E-state index contributed by atoms with van der Waals surface area (Å²) < 4.78 is 3.51. The lowest BCUT2D eigenvalue weighted by molar-refractivity contribution is 0.125. The highest BCUT2D eigenvalue weighted by Crippen LogP contribution is 2.17. The highest BCUT2D eigenvalue weighted by atomic mass is 16.6. The first-order chi connectivity index (χ1) is 15.2. The zero-order chi connectivity index (χ0) is 21.2. The lowest BCUT2D eigenvalue weighted by Gasteiger charge is -2.02. The summed E-state index contributed by atoms with van der Waals surface area (Å²) in [5.41, 5.74) is 5.65. The Morgan fingerprint density at radius 1 is 1.03 bits per heavy atom. The van der Waals surface area contributed by atoms with Crippen LogP contribution in [0.4, 0.5) is 0 Å². The normalized spacial score (nSPS) is 12.0. The second-order valence-electron chi connectivity index (χ2n) is 7.38. The number of aryl methyl sites for hydroxylation is 1. The average molecular weight is 411 g/mol. The number of hydrogen-bond donors (Lipinski definition) is 0. The molecular weight excluding hydrogens is 390 g/mol. The Kier molecular flexibility index (Phi) is 4.87. The number of fused-ring (bicyclic) bond motifs is 3. The van der Waals surface area contributed by atoms with Crippen LogP contribution >= 0.6 is 0 Å². The molecule has 8 nitrogen and oxygen atoms in total. The second kappa shape index (κ2) is 7.98. The van der Waals surface area contributed by atoms with Crippen LogP contribution < -0.4 is 0 Å². The maximum absolute atomic E-state index is 5.50. The molecule has 0 spiro atoms. The van der Waals surface area contributed by atoms with E-state index in [2.05, 4.69) is 44.4 Å². The highest BCUT2D eigenvalue weighted by Gasteiger charge is 2.13. The van der Waals surface area contributed by atoms with Crippen LogP contribution in [0.15, 0.2) is 72.3 Å². The van der Waals surface area contributed by atoms with Crippen molar-refractivity contribution in [3.8, 4) is 0 Å². The van der Waals surface area contributed by atoms with E-state index >= 15 is 0 Å². The van der Waals surface area contributed by atoms with Gasteiger partial charge in [0.25, 0.3) is 0 Å². The molecule has 0 N–H and O–H groups in total. The molecule has 0 amide bonds. The number of hydrogen-bond acceptors (Lipinski definition) is 6. The van der Waals surface area contributed by atoms with Crippen LogP contribution in [0.1, 0.15) is 29.4 Å².